The molecule has 0 saturated carbocycles. The first kappa shape index (κ1) is 36.6. The van der Waals surface area contributed by atoms with Gasteiger partial charge in [-0.05, 0) is 20.8 Å². The van der Waals surface area contributed by atoms with Gasteiger partial charge < -0.3 is 56.6 Å². The summed E-state index contributed by atoms with van der Waals surface area (Å²) in [7, 11) is -0.844. The topological polar surface area (TPSA) is 111 Å². The first-order valence-corrected chi connectivity index (χ1v) is 13.4. The van der Waals surface area contributed by atoms with E-state index in [1.54, 1.807) is 0 Å². The lowest BCUT2D eigenvalue weighted by atomic mass is 10.2. The van der Waals surface area contributed by atoms with Crippen molar-refractivity contribution in [1.82, 2.24) is 0 Å². The molecule has 0 aliphatic carbocycles. The van der Waals surface area contributed by atoms with E-state index in [-0.39, 0.29) is 0 Å². The Bertz CT molecular complexity index is 355. The third-order valence-electron chi connectivity index (χ3n) is 4.29. The summed E-state index contributed by atoms with van der Waals surface area (Å²) >= 11 is 0. The predicted octanol–water partition coefficient (Wildman–Crippen LogP) is 1.23. The number of ether oxygens (including phenoxy) is 9. The predicted molar refractivity (Wildman–Crippen MR) is 138 cm³/mol. The van der Waals surface area contributed by atoms with Crippen LogP contribution in [-0.2, 0) is 56.6 Å². The van der Waals surface area contributed by atoms with Gasteiger partial charge in [0, 0.05) is 19.8 Å². The quantitative estimate of drug-likeness (QED) is 0.0879. The van der Waals surface area contributed by atoms with E-state index in [0.29, 0.717) is 139 Å². The Morgan fingerprint density at radius 2 is 0.459 bits per heavy atom. The van der Waals surface area contributed by atoms with Crippen LogP contribution in [0.1, 0.15) is 20.8 Å². The third-order valence-corrected chi connectivity index (χ3v) is 4.29. The van der Waals surface area contributed by atoms with Gasteiger partial charge in [0.2, 0.25) is 0 Å². The van der Waals surface area contributed by atoms with E-state index in [1.807, 2.05) is 20.8 Å². The van der Waals surface area contributed by atoms with Crippen LogP contribution in [0.2, 0.25) is 0 Å². The van der Waals surface area contributed by atoms with E-state index in [4.69, 9.17) is 56.6 Å². The lowest BCUT2D eigenvalue weighted by Crippen LogP contribution is -2.32. The molecular formula is C24H51BO12. The van der Waals surface area contributed by atoms with Gasteiger partial charge in [0.15, 0.2) is 0 Å². The summed E-state index contributed by atoms with van der Waals surface area (Å²) in [5.74, 6) is 0. The van der Waals surface area contributed by atoms with Gasteiger partial charge in [-0.1, -0.05) is 0 Å². The van der Waals surface area contributed by atoms with Crippen molar-refractivity contribution in [2.45, 2.75) is 20.8 Å². The monoisotopic (exact) mass is 542 g/mol. The molecular weight excluding hydrogens is 491 g/mol. The molecule has 0 aromatic rings. The first-order chi connectivity index (χ1) is 18.3. The number of hydrogen-bond donors (Lipinski definition) is 0. The maximum atomic E-state index is 5.65. The summed E-state index contributed by atoms with van der Waals surface area (Å²) in [5, 5.41) is 0. The lowest BCUT2D eigenvalue weighted by molar-refractivity contribution is -0.0121. The Morgan fingerprint density at radius 3 is 0.676 bits per heavy atom. The zero-order valence-corrected chi connectivity index (χ0v) is 23.3. The lowest BCUT2D eigenvalue weighted by Gasteiger charge is -2.15. The molecule has 0 unspecified atom stereocenters. The van der Waals surface area contributed by atoms with Gasteiger partial charge in [-0.2, -0.15) is 0 Å². The number of hydrogen-bond acceptors (Lipinski definition) is 12. The molecule has 0 aliphatic rings. The van der Waals surface area contributed by atoms with Crippen LogP contribution in [0.15, 0.2) is 0 Å². The highest BCUT2D eigenvalue weighted by molar-refractivity contribution is 6.36. The molecule has 0 spiro atoms. The number of rotatable bonds is 33. The van der Waals surface area contributed by atoms with Crippen LogP contribution in [0.4, 0.5) is 0 Å². The molecule has 0 N–H and O–H groups in total. The fourth-order valence-corrected chi connectivity index (χ4v) is 2.51. The minimum Gasteiger partial charge on any atom is -0.383 e. The molecule has 13 heteroatoms. The maximum Gasteiger partial charge on any atom is 0.639 e. The minimum absolute atomic E-state index is 0.312. The van der Waals surface area contributed by atoms with Crippen LogP contribution < -0.4 is 0 Å². The van der Waals surface area contributed by atoms with Crippen LogP contribution in [0.5, 0.6) is 0 Å². The molecule has 0 amide bonds. The highest BCUT2D eigenvalue weighted by Crippen LogP contribution is 1.95. The van der Waals surface area contributed by atoms with Crippen LogP contribution in [0.25, 0.3) is 0 Å². The van der Waals surface area contributed by atoms with E-state index >= 15 is 0 Å². The molecule has 12 nitrogen and oxygen atoms in total. The largest absolute Gasteiger partial charge is 0.639 e. The molecule has 0 bridgehead atoms. The Morgan fingerprint density at radius 1 is 0.270 bits per heavy atom. The van der Waals surface area contributed by atoms with Gasteiger partial charge in [-0.25, -0.2) is 0 Å². The van der Waals surface area contributed by atoms with E-state index < -0.39 is 7.32 Å². The molecule has 37 heavy (non-hydrogen) atoms. The summed E-state index contributed by atoms with van der Waals surface area (Å²) in [6.07, 6.45) is 0. The van der Waals surface area contributed by atoms with Crippen LogP contribution in [0.3, 0.4) is 0 Å². The standard InChI is InChI=1S/C24H51BO12/c1-4-26-7-10-29-13-16-32-19-22-35-25(36-23-20-33-17-14-30-11-8-27-5-2)37-24-21-34-18-15-31-12-9-28-6-3/h4-24H2,1-3H3. The normalized spacial score (nSPS) is 11.4. The van der Waals surface area contributed by atoms with Gasteiger partial charge in [-0.3, -0.25) is 0 Å². The second kappa shape index (κ2) is 33.6. The smallest absolute Gasteiger partial charge is 0.383 e. The average molecular weight is 542 g/mol. The van der Waals surface area contributed by atoms with Crippen LogP contribution in [-0.4, -0.2) is 146 Å². The van der Waals surface area contributed by atoms with Crippen molar-refractivity contribution in [3.05, 3.63) is 0 Å². The Hall–Kier alpha value is -0.415. The average Bonchev–Trinajstić information content (AvgIpc) is 2.91. The van der Waals surface area contributed by atoms with E-state index in [9.17, 15) is 0 Å². The molecule has 0 aliphatic heterocycles. The molecule has 0 atom stereocenters. The zero-order chi connectivity index (χ0) is 26.9. The molecule has 0 aromatic heterocycles. The van der Waals surface area contributed by atoms with Crippen molar-refractivity contribution in [3.8, 4) is 0 Å². The first-order valence-electron chi connectivity index (χ1n) is 13.4. The highest BCUT2D eigenvalue weighted by atomic mass is 16.7. The molecule has 0 aromatic carbocycles. The van der Waals surface area contributed by atoms with Crippen LogP contribution in [0, 0.1) is 0 Å². The molecule has 0 saturated heterocycles. The molecule has 0 heterocycles. The van der Waals surface area contributed by atoms with Gasteiger partial charge in [-0.15, -0.1) is 0 Å². The SMILES string of the molecule is CCOCCOCCOCCOB(OCCOCCOCCOCC)OCCOCCOCCOCC. The van der Waals surface area contributed by atoms with Crippen molar-refractivity contribution in [3.63, 3.8) is 0 Å². The minimum atomic E-state index is -0.844. The van der Waals surface area contributed by atoms with Crippen molar-refractivity contribution in [2.24, 2.45) is 0 Å². The van der Waals surface area contributed by atoms with Crippen molar-refractivity contribution >= 4 is 7.32 Å². The summed E-state index contributed by atoms with van der Waals surface area (Å²) in [4.78, 5) is 0. The van der Waals surface area contributed by atoms with E-state index in [0.717, 1.165) is 0 Å². The van der Waals surface area contributed by atoms with Gasteiger partial charge in [0.25, 0.3) is 0 Å². The fraction of sp³-hybridized carbons (Fsp3) is 1.00. The van der Waals surface area contributed by atoms with E-state index in [1.165, 1.54) is 0 Å². The summed E-state index contributed by atoms with van der Waals surface area (Å²) in [5.41, 5.74) is 0. The third kappa shape index (κ3) is 31.7. The van der Waals surface area contributed by atoms with Crippen molar-refractivity contribution < 1.29 is 56.6 Å². The van der Waals surface area contributed by atoms with Crippen LogP contribution >= 0.6 is 0 Å². The zero-order valence-electron chi connectivity index (χ0n) is 23.3. The molecule has 0 rings (SSSR count). The van der Waals surface area contributed by atoms with Gasteiger partial charge in [0.05, 0.1) is 119 Å². The molecule has 222 valence electrons. The highest BCUT2D eigenvalue weighted by Gasteiger charge is 2.21. The van der Waals surface area contributed by atoms with Crippen molar-refractivity contribution in [2.75, 3.05) is 139 Å². The Balaban J connectivity index is 3.87. The summed E-state index contributed by atoms with van der Waals surface area (Å²) in [6, 6.07) is 0. The Labute approximate surface area is 223 Å². The summed E-state index contributed by atoms with van der Waals surface area (Å²) in [6.45, 7) is 16.4. The van der Waals surface area contributed by atoms with E-state index in [2.05, 4.69) is 0 Å². The maximum absolute atomic E-state index is 5.65. The summed E-state index contributed by atoms with van der Waals surface area (Å²) < 4.78 is 65.3. The molecule has 0 fully saturated rings. The van der Waals surface area contributed by atoms with Crippen molar-refractivity contribution in [1.29, 1.82) is 0 Å². The van der Waals surface area contributed by atoms with Gasteiger partial charge >= 0.3 is 7.32 Å². The second-order valence-electron chi connectivity index (χ2n) is 7.17. The Kier molecular flexibility index (Phi) is 33.2. The fourth-order valence-electron chi connectivity index (χ4n) is 2.51. The molecule has 0 radical (unpaired) electrons. The second-order valence-corrected chi connectivity index (χ2v) is 7.17. The van der Waals surface area contributed by atoms with Gasteiger partial charge in [0.1, 0.15) is 0 Å².